The number of rotatable bonds is 4. The van der Waals surface area contributed by atoms with Gasteiger partial charge in [0.25, 0.3) is 5.91 Å². The minimum Gasteiger partial charge on any atom is -0.460 e. The van der Waals surface area contributed by atoms with Crippen molar-refractivity contribution in [2.75, 3.05) is 0 Å². The number of carbonyl (C=O) groups is 1. The van der Waals surface area contributed by atoms with Gasteiger partial charge in [0.05, 0.1) is 10.6 Å². The molecule has 26 heavy (non-hydrogen) atoms. The monoisotopic (exact) mass is 393 g/mol. The van der Waals surface area contributed by atoms with E-state index in [1.54, 1.807) is 18.2 Å². The minimum absolute atomic E-state index is 0.0686. The van der Waals surface area contributed by atoms with Crippen LogP contribution in [-0.4, -0.2) is 28.0 Å². The van der Waals surface area contributed by atoms with E-state index in [4.69, 9.17) is 27.9 Å². The van der Waals surface area contributed by atoms with E-state index in [2.05, 4.69) is 15.3 Å². The molecule has 1 fully saturated rings. The fraction of sp³-hybridized carbons (Fsp3) is 0.421. The number of hydrogen-bond donors (Lipinski definition) is 1. The van der Waals surface area contributed by atoms with E-state index in [1.807, 2.05) is 19.9 Å². The number of hydrogen-bond acceptors (Lipinski definition) is 4. The smallest absolute Gasteiger partial charge is 0.317 e. The van der Waals surface area contributed by atoms with Crippen molar-refractivity contribution in [2.24, 2.45) is 0 Å². The van der Waals surface area contributed by atoms with Crippen LogP contribution in [0.2, 0.25) is 10.0 Å². The molecule has 0 spiro atoms. The van der Waals surface area contributed by atoms with Gasteiger partial charge in [0, 0.05) is 22.5 Å². The number of nitrogens with zero attached hydrogens (tertiary/aromatic N) is 2. The lowest BCUT2D eigenvalue weighted by Crippen LogP contribution is -2.40. The SMILES string of the molecule is Cc1cc(C)nc(OC2CCC(NC(=O)c3cc(Cl)ccc3Cl)CC2)n1. The summed E-state index contributed by atoms with van der Waals surface area (Å²) in [4.78, 5) is 21.1. The summed E-state index contributed by atoms with van der Waals surface area (Å²) in [5.74, 6) is -0.195. The van der Waals surface area contributed by atoms with Crippen LogP contribution in [0.5, 0.6) is 6.01 Å². The third-order valence-corrected chi connectivity index (χ3v) is 4.98. The number of ether oxygens (including phenoxy) is 1. The fourth-order valence-electron chi connectivity index (χ4n) is 3.16. The van der Waals surface area contributed by atoms with Crippen LogP contribution >= 0.6 is 23.2 Å². The lowest BCUT2D eigenvalue weighted by Gasteiger charge is -2.29. The van der Waals surface area contributed by atoms with Gasteiger partial charge in [-0.1, -0.05) is 23.2 Å². The van der Waals surface area contributed by atoms with Crippen molar-refractivity contribution in [2.45, 2.75) is 51.7 Å². The minimum atomic E-state index is -0.195. The highest BCUT2D eigenvalue weighted by Crippen LogP contribution is 2.24. The van der Waals surface area contributed by atoms with E-state index in [9.17, 15) is 4.79 Å². The van der Waals surface area contributed by atoms with E-state index in [0.29, 0.717) is 21.6 Å². The van der Waals surface area contributed by atoms with Crippen molar-refractivity contribution in [3.63, 3.8) is 0 Å². The van der Waals surface area contributed by atoms with Crippen molar-refractivity contribution in [1.29, 1.82) is 0 Å². The lowest BCUT2D eigenvalue weighted by atomic mass is 9.92. The van der Waals surface area contributed by atoms with Gasteiger partial charge in [-0.3, -0.25) is 4.79 Å². The van der Waals surface area contributed by atoms with Gasteiger partial charge in [-0.25, -0.2) is 9.97 Å². The molecule has 0 atom stereocenters. The Labute approximate surface area is 163 Å². The number of amides is 1. The van der Waals surface area contributed by atoms with Crippen LogP contribution in [0.15, 0.2) is 24.3 Å². The largest absolute Gasteiger partial charge is 0.460 e. The first-order valence-corrected chi connectivity index (χ1v) is 9.41. The Balaban J connectivity index is 1.53. The van der Waals surface area contributed by atoms with Crippen molar-refractivity contribution in [3.05, 3.63) is 51.3 Å². The van der Waals surface area contributed by atoms with Gasteiger partial charge in [0.15, 0.2) is 0 Å². The zero-order valence-electron chi connectivity index (χ0n) is 14.8. The molecule has 138 valence electrons. The fourth-order valence-corrected chi connectivity index (χ4v) is 3.53. The second-order valence-corrected chi connectivity index (χ2v) is 7.47. The van der Waals surface area contributed by atoms with Crippen LogP contribution in [0.25, 0.3) is 0 Å². The maximum absolute atomic E-state index is 12.4. The van der Waals surface area contributed by atoms with Crippen LogP contribution < -0.4 is 10.1 Å². The molecule has 1 heterocycles. The van der Waals surface area contributed by atoms with E-state index in [-0.39, 0.29) is 18.1 Å². The van der Waals surface area contributed by atoms with Gasteiger partial charge >= 0.3 is 6.01 Å². The highest BCUT2D eigenvalue weighted by Gasteiger charge is 2.25. The third kappa shape index (κ3) is 4.86. The molecule has 1 saturated carbocycles. The van der Waals surface area contributed by atoms with Crippen LogP contribution in [0.3, 0.4) is 0 Å². The van der Waals surface area contributed by atoms with Gasteiger partial charge in [-0.05, 0) is 63.8 Å². The van der Waals surface area contributed by atoms with Crippen LogP contribution in [0, 0.1) is 13.8 Å². The number of nitrogens with one attached hydrogen (secondary N) is 1. The van der Waals surface area contributed by atoms with Crippen LogP contribution in [0.4, 0.5) is 0 Å². The molecule has 2 aromatic rings. The average Bonchev–Trinajstić information content (AvgIpc) is 2.58. The first-order valence-electron chi connectivity index (χ1n) is 8.65. The highest BCUT2D eigenvalue weighted by molar-refractivity contribution is 6.35. The van der Waals surface area contributed by atoms with Gasteiger partial charge in [0.1, 0.15) is 6.10 Å². The summed E-state index contributed by atoms with van der Waals surface area (Å²) in [6.07, 6.45) is 3.41. The molecule has 1 aromatic carbocycles. The second kappa shape index (κ2) is 8.23. The summed E-state index contributed by atoms with van der Waals surface area (Å²) < 4.78 is 5.92. The van der Waals surface area contributed by atoms with Crippen molar-refractivity contribution in [1.82, 2.24) is 15.3 Å². The molecule has 1 aromatic heterocycles. The standard InChI is InChI=1S/C19H21Cl2N3O2/c1-11-9-12(2)23-19(22-11)26-15-6-4-14(5-7-15)24-18(25)16-10-13(20)3-8-17(16)21/h3,8-10,14-15H,4-7H2,1-2H3,(H,24,25). The van der Waals surface area contributed by atoms with Gasteiger partial charge in [0.2, 0.25) is 0 Å². The molecule has 3 rings (SSSR count). The molecule has 0 unspecified atom stereocenters. The molecule has 1 aliphatic carbocycles. The predicted octanol–water partition coefficient (Wildman–Crippen LogP) is 4.52. The Bertz CT molecular complexity index is 785. The number of benzene rings is 1. The topological polar surface area (TPSA) is 64.1 Å². The van der Waals surface area contributed by atoms with Crippen LogP contribution in [0.1, 0.15) is 47.4 Å². The molecular formula is C19H21Cl2N3O2. The van der Waals surface area contributed by atoms with E-state index in [0.717, 1.165) is 37.1 Å². The normalized spacial score (nSPS) is 19.8. The Kier molecular flexibility index (Phi) is 5.99. The molecule has 1 aliphatic rings. The molecule has 5 nitrogen and oxygen atoms in total. The number of carbonyl (C=O) groups excluding carboxylic acids is 1. The van der Waals surface area contributed by atoms with Gasteiger partial charge in [-0.15, -0.1) is 0 Å². The maximum Gasteiger partial charge on any atom is 0.317 e. The predicted molar refractivity (Wildman–Crippen MR) is 102 cm³/mol. The molecule has 0 bridgehead atoms. The van der Waals surface area contributed by atoms with Crippen molar-refractivity contribution < 1.29 is 9.53 Å². The quantitative estimate of drug-likeness (QED) is 0.828. The molecular weight excluding hydrogens is 373 g/mol. The summed E-state index contributed by atoms with van der Waals surface area (Å²) >= 11 is 12.0. The van der Waals surface area contributed by atoms with E-state index >= 15 is 0 Å². The molecule has 0 aliphatic heterocycles. The zero-order valence-corrected chi connectivity index (χ0v) is 16.3. The summed E-state index contributed by atoms with van der Waals surface area (Å²) in [5, 5.41) is 3.93. The van der Waals surface area contributed by atoms with E-state index in [1.165, 1.54) is 0 Å². The second-order valence-electron chi connectivity index (χ2n) is 6.62. The lowest BCUT2D eigenvalue weighted by molar-refractivity contribution is 0.0885. The molecule has 1 N–H and O–H groups in total. The molecule has 0 radical (unpaired) electrons. The van der Waals surface area contributed by atoms with Gasteiger partial charge < -0.3 is 10.1 Å². The Morgan fingerprint density at radius 2 is 1.73 bits per heavy atom. The zero-order chi connectivity index (χ0) is 18.7. The first kappa shape index (κ1) is 18.9. The van der Waals surface area contributed by atoms with E-state index < -0.39 is 0 Å². The number of aromatic nitrogens is 2. The Morgan fingerprint density at radius 1 is 1.08 bits per heavy atom. The summed E-state index contributed by atoms with van der Waals surface area (Å²) in [7, 11) is 0. The molecule has 1 amide bonds. The average molecular weight is 394 g/mol. The number of aryl methyl sites for hydroxylation is 2. The Hall–Kier alpha value is -1.85. The first-order chi connectivity index (χ1) is 12.4. The van der Waals surface area contributed by atoms with Crippen molar-refractivity contribution in [3.8, 4) is 6.01 Å². The highest BCUT2D eigenvalue weighted by atomic mass is 35.5. The Morgan fingerprint density at radius 3 is 2.38 bits per heavy atom. The van der Waals surface area contributed by atoms with Gasteiger partial charge in [-0.2, -0.15) is 0 Å². The number of halogens is 2. The summed E-state index contributed by atoms with van der Waals surface area (Å²) in [6, 6.07) is 7.33. The van der Waals surface area contributed by atoms with Crippen molar-refractivity contribution >= 4 is 29.1 Å². The molecule has 7 heteroatoms. The summed E-state index contributed by atoms with van der Waals surface area (Å²) in [5.41, 5.74) is 2.19. The molecule has 0 saturated heterocycles. The van der Waals surface area contributed by atoms with Crippen LogP contribution in [-0.2, 0) is 0 Å². The third-order valence-electron chi connectivity index (χ3n) is 4.42. The summed E-state index contributed by atoms with van der Waals surface area (Å²) in [6.45, 7) is 3.85. The maximum atomic E-state index is 12.4.